The minimum Gasteiger partial charge on any atom is -0.497 e. The monoisotopic (exact) mass is 219 g/mol. The molecule has 0 aromatic heterocycles. The largest absolute Gasteiger partial charge is 0.497 e. The molecule has 1 aliphatic rings. The van der Waals surface area contributed by atoms with Crippen LogP contribution in [0, 0.1) is 5.92 Å². The summed E-state index contributed by atoms with van der Waals surface area (Å²) in [6.45, 7) is 4.45. The zero-order chi connectivity index (χ0) is 11.8. The van der Waals surface area contributed by atoms with Gasteiger partial charge in [0.1, 0.15) is 5.75 Å². The number of ether oxygens (including phenoxy) is 1. The zero-order valence-corrected chi connectivity index (χ0v) is 10.4. The summed E-state index contributed by atoms with van der Waals surface area (Å²) in [5, 5.41) is 0. The van der Waals surface area contributed by atoms with Gasteiger partial charge in [0.25, 0.3) is 0 Å². The van der Waals surface area contributed by atoms with Crippen LogP contribution in [0.15, 0.2) is 18.2 Å². The lowest BCUT2D eigenvalue weighted by molar-refractivity contribution is 0.285. The second kappa shape index (κ2) is 4.10. The average Bonchev–Trinajstić information content (AvgIpc) is 2.67. The predicted octanol–water partition coefficient (Wildman–Crippen LogP) is 2.84. The summed E-state index contributed by atoms with van der Waals surface area (Å²) < 4.78 is 5.29. The number of methoxy groups -OCH3 is 1. The maximum absolute atomic E-state index is 6.59. The van der Waals surface area contributed by atoms with E-state index in [1.54, 1.807) is 7.11 Å². The molecule has 1 aromatic carbocycles. The number of hydrogen-bond acceptors (Lipinski definition) is 2. The van der Waals surface area contributed by atoms with Crippen LogP contribution in [0.3, 0.4) is 0 Å². The van der Waals surface area contributed by atoms with Crippen molar-refractivity contribution < 1.29 is 4.74 Å². The highest BCUT2D eigenvalue weighted by molar-refractivity contribution is 5.44. The molecule has 2 heteroatoms. The van der Waals surface area contributed by atoms with Gasteiger partial charge in [0.15, 0.2) is 0 Å². The molecule has 2 unspecified atom stereocenters. The number of benzene rings is 1. The molecule has 0 aliphatic heterocycles. The lowest BCUT2D eigenvalue weighted by Gasteiger charge is -2.32. The summed E-state index contributed by atoms with van der Waals surface area (Å²) in [4.78, 5) is 0. The van der Waals surface area contributed by atoms with E-state index in [0.717, 1.165) is 25.0 Å². The Labute approximate surface area is 97.8 Å². The fraction of sp³-hybridized carbons (Fsp3) is 0.571. The summed E-state index contributed by atoms with van der Waals surface area (Å²) in [6.07, 6.45) is 3.28. The summed E-state index contributed by atoms with van der Waals surface area (Å²) in [7, 11) is 1.71. The van der Waals surface area contributed by atoms with Crippen molar-refractivity contribution in [3.63, 3.8) is 0 Å². The SMILES string of the molecule is CCC(C)C1(N)CCc2ccc(OC)cc21. The summed E-state index contributed by atoms with van der Waals surface area (Å²) >= 11 is 0. The number of rotatable bonds is 3. The lowest BCUT2D eigenvalue weighted by Crippen LogP contribution is -2.40. The standard InChI is InChI=1S/C14H21NO/c1-4-10(2)14(15)8-7-11-5-6-12(16-3)9-13(11)14/h5-6,9-10H,4,7-8,15H2,1-3H3. The minimum absolute atomic E-state index is 0.154. The number of aryl methyl sites for hydroxylation is 1. The maximum Gasteiger partial charge on any atom is 0.119 e. The Hall–Kier alpha value is -1.02. The van der Waals surface area contributed by atoms with Gasteiger partial charge in [-0.2, -0.15) is 0 Å². The fourth-order valence-corrected chi connectivity index (χ4v) is 2.69. The third kappa shape index (κ3) is 1.61. The van der Waals surface area contributed by atoms with Gasteiger partial charge in [0.2, 0.25) is 0 Å². The molecule has 0 saturated carbocycles. The van der Waals surface area contributed by atoms with Crippen molar-refractivity contribution in [2.24, 2.45) is 11.7 Å². The second-order valence-corrected chi connectivity index (χ2v) is 4.87. The Balaban J connectivity index is 2.44. The topological polar surface area (TPSA) is 35.2 Å². The van der Waals surface area contributed by atoms with Gasteiger partial charge >= 0.3 is 0 Å². The van der Waals surface area contributed by atoms with Crippen LogP contribution in [0.2, 0.25) is 0 Å². The van der Waals surface area contributed by atoms with E-state index in [2.05, 4.69) is 26.0 Å². The highest BCUT2D eigenvalue weighted by Crippen LogP contribution is 2.42. The average molecular weight is 219 g/mol. The molecule has 1 aliphatic carbocycles. The molecule has 1 aromatic rings. The van der Waals surface area contributed by atoms with Gasteiger partial charge in [-0.1, -0.05) is 26.3 Å². The quantitative estimate of drug-likeness (QED) is 0.848. The molecular formula is C14H21NO. The molecule has 0 spiro atoms. The highest BCUT2D eigenvalue weighted by atomic mass is 16.5. The van der Waals surface area contributed by atoms with Gasteiger partial charge in [-0.05, 0) is 42.0 Å². The van der Waals surface area contributed by atoms with Gasteiger partial charge in [-0.15, -0.1) is 0 Å². The van der Waals surface area contributed by atoms with E-state index >= 15 is 0 Å². The van der Waals surface area contributed by atoms with Crippen LogP contribution in [-0.4, -0.2) is 7.11 Å². The number of nitrogens with two attached hydrogens (primary N) is 1. The molecule has 0 radical (unpaired) electrons. The number of fused-ring (bicyclic) bond motifs is 1. The van der Waals surface area contributed by atoms with Crippen LogP contribution >= 0.6 is 0 Å². The molecule has 0 amide bonds. The summed E-state index contributed by atoms with van der Waals surface area (Å²) in [5.74, 6) is 1.43. The van der Waals surface area contributed by atoms with E-state index in [0.29, 0.717) is 5.92 Å². The highest BCUT2D eigenvalue weighted by Gasteiger charge is 2.38. The van der Waals surface area contributed by atoms with Crippen molar-refractivity contribution in [3.8, 4) is 5.75 Å². The Bertz CT molecular complexity index is 388. The van der Waals surface area contributed by atoms with Crippen LogP contribution in [-0.2, 0) is 12.0 Å². The zero-order valence-electron chi connectivity index (χ0n) is 10.4. The predicted molar refractivity (Wildman–Crippen MR) is 66.6 cm³/mol. The van der Waals surface area contributed by atoms with E-state index in [-0.39, 0.29) is 5.54 Å². The molecule has 0 saturated heterocycles. The lowest BCUT2D eigenvalue weighted by atomic mass is 9.79. The third-order valence-electron chi connectivity index (χ3n) is 4.12. The molecular weight excluding hydrogens is 198 g/mol. The first-order chi connectivity index (χ1) is 7.61. The Morgan fingerprint density at radius 2 is 2.25 bits per heavy atom. The van der Waals surface area contributed by atoms with Crippen LogP contribution in [0.5, 0.6) is 5.75 Å². The van der Waals surface area contributed by atoms with E-state index in [1.165, 1.54) is 11.1 Å². The van der Waals surface area contributed by atoms with Crippen molar-refractivity contribution >= 4 is 0 Å². The van der Waals surface area contributed by atoms with Gasteiger partial charge in [-0.25, -0.2) is 0 Å². The summed E-state index contributed by atoms with van der Waals surface area (Å²) in [6, 6.07) is 6.31. The van der Waals surface area contributed by atoms with Crippen LogP contribution in [0.1, 0.15) is 37.8 Å². The van der Waals surface area contributed by atoms with Crippen LogP contribution in [0.25, 0.3) is 0 Å². The minimum atomic E-state index is -0.154. The Morgan fingerprint density at radius 3 is 2.88 bits per heavy atom. The number of hydrogen-bond donors (Lipinski definition) is 1. The van der Waals surface area contributed by atoms with E-state index in [4.69, 9.17) is 10.5 Å². The van der Waals surface area contributed by atoms with E-state index in [1.807, 2.05) is 6.07 Å². The van der Waals surface area contributed by atoms with Crippen molar-refractivity contribution in [1.29, 1.82) is 0 Å². The van der Waals surface area contributed by atoms with Crippen LogP contribution in [0.4, 0.5) is 0 Å². The smallest absolute Gasteiger partial charge is 0.119 e. The first-order valence-corrected chi connectivity index (χ1v) is 6.08. The van der Waals surface area contributed by atoms with Crippen LogP contribution < -0.4 is 10.5 Å². The molecule has 0 fully saturated rings. The molecule has 2 nitrogen and oxygen atoms in total. The van der Waals surface area contributed by atoms with Crippen molar-refractivity contribution in [3.05, 3.63) is 29.3 Å². The second-order valence-electron chi connectivity index (χ2n) is 4.87. The van der Waals surface area contributed by atoms with Crippen molar-refractivity contribution in [1.82, 2.24) is 0 Å². The molecule has 16 heavy (non-hydrogen) atoms. The van der Waals surface area contributed by atoms with Crippen molar-refractivity contribution in [2.45, 2.75) is 38.6 Å². The fourth-order valence-electron chi connectivity index (χ4n) is 2.69. The van der Waals surface area contributed by atoms with Gasteiger partial charge < -0.3 is 10.5 Å². The molecule has 88 valence electrons. The Morgan fingerprint density at radius 1 is 1.50 bits per heavy atom. The van der Waals surface area contributed by atoms with E-state index < -0.39 is 0 Å². The molecule has 2 N–H and O–H groups in total. The van der Waals surface area contributed by atoms with Crippen molar-refractivity contribution in [2.75, 3.05) is 7.11 Å². The van der Waals surface area contributed by atoms with E-state index in [9.17, 15) is 0 Å². The molecule has 2 atom stereocenters. The molecule has 0 bridgehead atoms. The Kier molecular flexibility index (Phi) is 2.94. The first-order valence-electron chi connectivity index (χ1n) is 6.08. The summed E-state index contributed by atoms with van der Waals surface area (Å²) in [5.41, 5.74) is 9.12. The normalized spacial score (nSPS) is 25.2. The molecule has 0 heterocycles. The van der Waals surface area contributed by atoms with Gasteiger partial charge in [0.05, 0.1) is 7.11 Å². The third-order valence-corrected chi connectivity index (χ3v) is 4.12. The van der Waals surface area contributed by atoms with Gasteiger partial charge in [0, 0.05) is 5.54 Å². The maximum atomic E-state index is 6.59. The van der Waals surface area contributed by atoms with Gasteiger partial charge in [-0.3, -0.25) is 0 Å². The molecule has 2 rings (SSSR count). The first kappa shape index (κ1) is 11.5.